The van der Waals surface area contributed by atoms with Crippen LogP contribution in [0.3, 0.4) is 0 Å². The number of carbonyl (C=O) groups is 1. The Morgan fingerprint density at radius 1 is 1.17 bits per heavy atom. The Kier molecular flexibility index (Phi) is 2.77. The molecule has 1 aliphatic heterocycles. The van der Waals surface area contributed by atoms with Gasteiger partial charge in [-0.2, -0.15) is 4.39 Å². The molecule has 1 saturated carbocycles. The molecule has 30 heavy (non-hydrogen) atoms. The van der Waals surface area contributed by atoms with Crippen LogP contribution in [0.1, 0.15) is 33.0 Å². The number of hydrogen-bond acceptors (Lipinski definition) is 5. The first-order valence-electron chi connectivity index (χ1n) is 10.9. The maximum absolute atomic E-state index is 13.6. The summed E-state index contributed by atoms with van der Waals surface area (Å²) < 4.78 is 44.7. The summed E-state index contributed by atoms with van der Waals surface area (Å²) in [6.45, 7) is -2.63. The van der Waals surface area contributed by atoms with Gasteiger partial charge in [0.2, 0.25) is 18.2 Å². The molecule has 2 aliphatic rings. The van der Waals surface area contributed by atoms with Crippen LogP contribution in [-0.2, 0) is 5.54 Å². The fourth-order valence-corrected chi connectivity index (χ4v) is 4.13. The first-order chi connectivity index (χ1) is 15.8. The van der Waals surface area contributed by atoms with E-state index in [4.69, 9.17) is 8.53 Å². The summed E-state index contributed by atoms with van der Waals surface area (Å²) in [7, 11) is 0. The molecule has 1 amide bonds. The molecule has 6 rings (SSSR count). The number of fused-ring (bicyclic) bond motifs is 4. The van der Waals surface area contributed by atoms with Crippen LogP contribution in [0, 0.1) is 5.95 Å². The minimum Gasteiger partial charge on any atom is -0.423 e. The molecule has 1 spiro atoms. The molecule has 0 saturated heterocycles. The molecule has 4 heterocycles. The van der Waals surface area contributed by atoms with E-state index in [2.05, 4.69) is 15.2 Å². The van der Waals surface area contributed by atoms with Gasteiger partial charge in [0.05, 0.1) is 16.8 Å². The summed E-state index contributed by atoms with van der Waals surface area (Å²) in [5.74, 6) is -0.967. The zero-order valence-corrected chi connectivity index (χ0v) is 15.5. The second kappa shape index (κ2) is 5.85. The molecule has 1 aliphatic carbocycles. The molecule has 0 radical (unpaired) electrons. The number of hydrogen-bond donors (Lipinski definition) is 0. The molecule has 4 aromatic rings. The highest BCUT2D eigenvalue weighted by atomic mass is 19.1. The zero-order valence-electron chi connectivity index (χ0n) is 18.5. The lowest BCUT2D eigenvalue weighted by Crippen LogP contribution is -2.36. The predicted octanol–water partition coefficient (Wildman–Crippen LogP) is 3.80. The SMILES string of the molecule is [2H]C([2H])([2H])N1C(=O)c2cc(-c3nnco3)cn2-c2cc(-c3ccc(F)nc3)ccc2C12CC2. The van der Waals surface area contributed by atoms with Crippen molar-refractivity contribution in [3.05, 3.63) is 72.4 Å². The van der Waals surface area contributed by atoms with Crippen molar-refractivity contribution >= 4 is 5.91 Å². The summed E-state index contributed by atoms with van der Waals surface area (Å²) in [5.41, 5.74) is 2.60. The molecular formula is C22H16FN5O2. The molecule has 1 aromatic carbocycles. The lowest BCUT2D eigenvalue weighted by molar-refractivity contribution is 0.0705. The maximum atomic E-state index is 13.6. The maximum Gasteiger partial charge on any atom is 0.271 e. The molecule has 8 heteroatoms. The molecule has 0 unspecified atom stereocenters. The average Bonchev–Trinajstić information content (AvgIpc) is 3.21. The number of carbonyl (C=O) groups excluding carboxylic acids is 1. The minimum atomic E-state index is -2.63. The summed E-state index contributed by atoms with van der Waals surface area (Å²) in [5, 5.41) is 7.59. The lowest BCUT2D eigenvalue weighted by atomic mass is 9.97. The van der Waals surface area contributed by atoms with Crippen LogP contribution in [0.2, 0.25) is 0 Å². The van der Waals surface area contributed by atoms with Crippen LogP contribution in [0.15, 0.2) is 59.6 Å². The topological polar surface area (TPSA) is 77.0 Å². The van der Waals surface area contributed by atoms with Crippen LogP contribution < -0.4 is 0 Å². The van der Waals surface area contributed by atoms with E-state index in [1.807, 2.05) is 18.2 Å². The Hall–Kier alpha value is -3.81. The van der Waals surface area contributed by atoms with Crippen molar-refractivity contribution in [3.8, 4) is 28.3 Å². The standard InChI is InChI=1S/C22H16FN5O2/c1-27-21(29)18-9-15(20-26-25-12-30-20)11-28(18)17-8-13(14-3-5-19(23)24-10-14)2-4-16(17)22(27)6-7-22/h2-5,8-12H,6-7H2,1H3/i1D3. The van der Waals surface area contributed by atoms with Crippen molar-refractivity contribution in [3.63, 3.8) is 0 Å². The average molecular weight is 404 g/mol. The third-order valence-corrected chi connectivity index (χ3v) is 5.82. The molecule has 148 valence electrons. The van der Waals surface area contributed by atoms with E-state index >= 15 is 0 Å². The van der Waals surface area contributed by atoms with Crippen LogP contribution in [0.25, 0.3) is 28.3 Å². The third kappa shape index (κ3) is 2.30. The number of pyridine rings is 1. The van der Waals surface area contributed by atoms with Gasteiger partial charge in [-0.1, -0.05) is 12.1 Å². The normalized spacial score (nSPS) is 18.2. The number of amides is 1. The van der Waals surface area contributed by atoms with Crippen LogP contribution in [0.5, 0.6) is 0 Å². The Bertz CT molecular complexity index is 1390. The van der Waals surface area contributed by atoms with Crippen molar-refractivity contribution in [1.82, 2.24) is 24.6 Å². The van der Waals surface area contributed by atoms with E-state index in [-0.39, 0.29) is 11.6 Å². The van der Waals surface area contributed by atoms with E-state index < -0.39 is 24.4 Å². The van der Waals surface area contributed by atoms with Gasteiger partial charge in [-0.15, -0.1) is 10.2 Å². The first kappa shape index (κ1) is 14.2. The van der Waals surface area contributed by atoms with Crippen molar-refractivity contribution < 1.29 is 17.7 Å². The Labute approximate surface area is 175 Å². The van der Waals surface area contributed by atoms with Gasteiger partial charge >= 0.3 is 0 Å². The van der Waals surface area contributed by atoms with Gasteiger partial charge < -0.3 is 13.9 Å². The molecule has 3 aromatic heterocycles. The largest absolute Gasteiger partial charge is 0.423 e. The summed E-state index contributed by atoms with van der Waals surface area (Å²) in [6, 6.07) is 10.00. The minimum absolute atomic E-state index is 0.179. The van der Waals surface area contributed by atoms with E-state index in [0.29, 0.717) is 29.7 Å². The number of nitrogens with zero attached hydrogens (tertiary/aromatic N) is 5. The second-order valence-electron chi connectivity index (χ2n) is 7.50. The fourth-order valence-electron chi connectivity index (χ4n) is 4.13. The van der Waals surface area contributed by atoms with Crippen LogP contribution in [0.4, 0.5) is 4.39 Å². The lowest BCUT2D eigenvalue weighted by Gasteiger charge is -2.27. The molecule has 1 fully saturated rings. The highest BCUT2D eigenvalue weighted by Gasteiger charge is 2.53. The monoisotopic (exact) mass is 404 g/mol. The van der Waals surface area contributed by atoms with Crippen LogP contribution in [-0.4, -0.2) is 37.5 Å². The van der Waals surface area contributed by atoms with Gasteiger partial charge in [-0.05, 0) is 42.7 Å². The van der Waals surface area contributed by atoms with E-state index in [1.54, 1.807) is 22.9 Å². The molecule has 7 nitrogen and oxygen atoms in total. The predicted molar refractivity (Wildman–Crippen MR) is 105 cm³/mol. The summed E-state index contributed by atoms with van der Waals surface area (Å²) >= 11 is 0. The number of halogens is 1. The van der Waals surface area contributed by atoms with Crippen molar-refractivity contribution in [2.24, 2.45) is 0 Å². The van der Waals surface area contributed by atoms with Gasteiger partial charge in [0.15, 0.2) is 0 Å². The van der Waals surface area contributed by atoms with Gasteiger partial charge in [-0.3, -0.25) is 4.79 Å². The third-order valence-electron chi connectivity index (χ3n) is 5.82. The molecule has 0 N–H and O–H groups in total. The first-order valence-corrected chi connectivity index (χ1v) is 9.38. The highest BCUT2D eigenvalue weighted by Crippen LogP contribution is 2.54. The number of rotatable bonds is 2. The Morgan fingerprint density at radius 2 is 2.03 bits per heavy atom. The Balaban J connectivity index is 1.62. The van der Waals surface area contributed by atoms with Gasteiger partial charge in [0.25, 0.3) is 5.91 Å². The molecular weight excluding hydrogens is 385 g/mol. The van der Waals surface area contributed by atoms with E-state index in [0.717, 1.165) is 16.0 Å². The van der Waals surface area contributed by atoms with Gasteiger partial charge in [0, 0.05) is 34.6 Å². The van der Waals surface area contributed by atoms with Gasteiger partial charge in [-0.25, -0.2) is 4.98 Å². The van der Waals surface area contributed by atoms with E-state index in [1.165, 1.54) is 18.7 Å². The van der Waals surface area contributed by atoms with E-state index in [9.17, 15) is 9.18 Å². The highest BCUT2D eigenvalue weighted by molar-refractivity contribution is 5.97. The Morgan fingerprint density at radius 3 is 2.73 bits per heavy atom. The zero-order chi connectivity index (χ0) is 23.0. The second-order valence-corrected chi connectivity index (χ2v) is 7.50. The summed E-state index contributed by atoms with van der Waals surface area (Å²) in [6.07, 6.45) is 5.39. The van der Waals surface area contributed by atoms with Crippen molar-refractivity contribution in [1.29, 1.82) is 0 Å². The molecule has 0 bridgehead atoms. The molecule has 0 atom stereocenters. The fraction of sp³-hybridized carbons (Fsp3) is 0.182. The van der Waals surface area contributed by atoms with Crippen LogP contribution >= 0.6 is 0 Å². The quantitative estimate of drug-likeness (QED) is 0.475. The van der Waals surface area contributed by atoms with Crippen molar-refractivity contribution in [2.45, 2.75) is 18.4 Å². The van der Waals surface area contributed by atoms with Crippen molar-refractivity contribution in [2.75, 3.05) is 6.98 Å². The number of aromatic nitrogens is 4. The number of benzene rings is 1. The summed E-state index contributed by atoms with van der Waals surface area (Å²) in [4.78, 5) is 18.4. The smallest absolute Gasteiger partial charge is 0.271 e. The van der Waals surface area contributed by atoms with Gasteiger partial charge in [0.1, 0.15) is 5.69 Å².